The Kier molecular flexibility index (Phi) is 8.05. The highest BCUT2D eigenvalue weighted by Gasteiger charge is 2.31. The number of amides is 1. The van der Waals surface area contributed by atoms with Gasteiger partial charge in [0.2, 0.25) is 26.0 Å². The average Bonchev–Trinajstić information content (AvgIpc) is 2.62. The van der Waals surface area contributed by atoms with Crippen LogP contribution >= 0.6 is 0 Å². The third-order valence-electron chi connectivity index (χ3n) is 5.31. The van der Waals surface area contributed by atoms with Crippen molar-refractivity contribution < 1.29 is 21.6 Å². The molecule has 2 rings (SSSR count). The maximum atomic E-state index is 12.5. The number of piperidine rings is 1. The zero-order chi connectivity index (χ0) is 20.1. The molecule has 2 aliphatic rings. The average molecular weight is 425 g/mol. The summed E-state index contributed by atoms with van der Waals surface area (Å²) >= 11 is 0. The molecule has 11 heteroatoms. The van der Waals surface area contributed by atoms with Crippen LogP contribution in [0.2, 0.25) is 0 Å². The fourth-order valence-electron chi connectivity index (χ4n) is 3.65. The molecule has 0 saturated carbocycles. The van der Waals surface area contributed by atoms with E-state index in [2.05, 4.69) is 4.90 Å². The largest absolute Gasteiger partial charge is 0.369 e. The SMILES string of the molecule is CCCS(=O)(=O)N1CCN(S(=O)(=O)CCCN2CCC(C(N)=O)CC2)CC1. The molecule has 2 saturated heterocycles. The number of nitrogens with two attached hydrogens (primary N) is 1. The van der Waals surface area contributed by atoms with Crippen LogP contribution in [0.3, 0.4) is 0 Å². The van der Waals surface area contributed by atoms with E-state index in [4.69, 9.17) is 5.73 Å². The number of carbonyl (C=O) groups excluding carboxylic acids is 1. The second kappa shape index (κ2) is 9.64. The summed E-state index contributed by atoms with van der Waals surface area (Å²) < 4.78 is 52.0. The lowest BCUT2D eigenvalue weighted by atomic mass is 9.96. The molecule has 0 aromatic heterocycles. The van der Waals surface area contributed by atoms with Gasteiger partial charge in [0.15, 0.2) is 0 Å². The Morgan fingerprint density at radius 2 is 1.37 bits per heavy atom. The molecule has 1 amide bonds. The van der Waals surface area contributed by atoms with E-state index < -0.39 is 20.0 Å². The fourth-order valence-corrected chi connectivity index (χ4v) is 6.62. The third-order valence-corrected chi connectivity index (χ3v) is 9.35. The number of carbonyl (C=O) groups is 1. The maximum Gasteiger partial charge on any atom is 0.220 e. The van der Waals surface area contributed by atoms with Gasteiger partial charge in [0.1, 0.15) is 0 Å². The second-order valence-electron chi connectivity index (χ2n) is 7.30. The minimum atomic E-state index is -3.38. The van der Waals surface area contributed by atoms with Gasteiger partial charge in [0, 0.05) is 32.1 Å². The standard InChI is InChI=1S/C16H32N4O5S2/c1-2-13-26(22,23)19-9-11-20(12-10-19)27(24,25)14-3-6-18-7-4-15(5-8-18)16(17)21/h15H,2-14H2,1H3,(H2,17,21). The summed E-state index contributed by atoms with van der Waals surface area (Å²) in [6, 6.07) is 0. The number of sulfonamides is 2. The predicted molar refractivity (Wildman–Crippen MR) is 104 cm³/mol. The number of primary amides is 1. The smallest absolute Gasteiger partial charge is 0.220 e. The van der Waals surface area contributed by atoms with Gasteiger partial charge >= 0.3 is 0 Å². The van der Waals surface area contributed by atoms with Crippen LogP contribution in [-0.4, -0.2) is 93.6 Å². The summed E-state index contributed by atoms with van der Waals surface area (Å²) in [5.74, 6) is -0.154. The Bertz CT molecular complexity index is 694. The highest BCUT2D eigenvalue weighted by molar-refractivity contribution is 7.89. The van der Waals surface area contributed by atoms with Crippen molar-refractivity contribution in [1.29, 1.82) is 0 Å². The molecule has 2 heterocycles. The van der Waals surface area contributed by atoms with E-state index >= 15 is 0 Å². The maximum absolute atomic E-state index is 12.5. The van der Waals surface area contributed by atoms with Crippen LogP contribution in [0.25, 0.3) is 0 Å². The Labute approximate surface area is 163 Å². The Balaban J connectivity index is 1.74. The number of hydrogen-bond donors (Lipinski definition) is 1. The number of piperazine rings is 1. The lowest BCUT2D eigenvalue weighted by Gasteiger charge is -2.33. The summed E-state index contributed by atoms with van der Waals surface area (Å²) in [5.41, 5.74) is 5.32. The minimum absolute atomic E-state index is 0.0600. The molecule has 0 radical (unpaired) electrons. The number of nitrogens with zero attached hydrogens (tertiary/aromatic N) is 3. The van der Waals surface area contributed by atoms with Gasteiger partial charge in [-0.1, -0.05) is 6.92 Å². The van der Waals surface area contributed by atoms with Gasteiger partial charge in [-0.25, -0.2) is 16.8 Å². The molecule has 9 nitrogen and oxygen atoms in total. The molecule has 2 fully saturated rings. The lowest BCUT2D eigenvalue weighted by Crippen LogP contribution is -2.51. The first-order chi connectivity index (χ1) is 12.7. The van der Waals surface area contributed by atoms with E-state index in [1.54, 1.807) is 0 Å². The lowest BCUT2D eigenvalue weighted by molar-refractivity contribution is -0.123. The summed E-state index contributed by atoms with van der Waals surface area (Å²) in [6.07, 6.45) is 2.54. The molecule has 2 aliphatic heterocycles. The molecular formula is C16H32N4O5S2. The van der Waals surface area contributed by atoms with Crippen molar-refractivity contribution in [1.82, 2.24) is 13.5 Å². The van der Waals surface area contributed by atoms with Crippen LogP contribution in [0.4, 0.5) is 0 Å². The first kappa shape index (κ1) is 22.5. The molecular weight excluding hydrogens is 392 g/mol. The number of rotatable bonds is 9. The van der Waals surface area contributed by atoms with Crippen LogP contribution < -0.4 is 5.73 Å². The molecule has 0 aromatic carbocycles. The monoisotopic (exact) mass is 424 g/mol. The summed E-state index contributed by atoms with van der Waals surface area (Å²) in [4.78, 5) is 13.4. The fraction of sp³-hybridized carbons (Fsp3) is 0.938. The van der Waals surface area contributed by atoms with E-state index in [1.807, 2.05) is 6.92 Å². The summed E-state index contributed by atoms with van der Waals surface area (Å²) in [7, 11) is -6.65. The second-order valence-corrected chi connectivity index (χ2v) is 11.5. The van der Waals surface area contributed by atoms with Crippen LogP contribution in [0.1, 0.15) is 32.6 Å². The zero-order valence-electron chi connectivity index (χ0n) is 16.0. The van der Waals surface area contributed by atoms with E-state index in [9.17, 15) is 21.6 Å². The molecule has 27 heavy (non-hydrogen) atoms. The first-order valence-electron chi connectivity index (χ1n) is 9.63. The highest BCUT2D eigenvalue weighted by atomic mass is 32.2. The van der Waals surface area contributed by atoms with Gasteiger partial charge in [-0.15, -0.1) is 0 Å². The van der Waals surface area contributed by atoms with Crippen molar-refractivity contribution in [2.45, 2.75) is 32.6 Å². The quantitative estimate of drug-likeness (QED) is 0.520. The Hall–Kier alpha value is -0.750. The van der Waals surface area contributed by atoms with Crippen molar-refractivity contribution in [2.24, 2.45) is 11.7 Å². The minimum Gasteiger partial charge on any atom is -0.369 e. The van der Waals surface area contributed by atoms with Gasteiger partial charge in [-0.05, 0) is 45.3 Å². The van der Waals surface area contributed by atoms with E-state index in [1.165, 1.54) is 8.61 Å². The van der Waals surface area contributed by atoms with Crippen LogP contribution in [0.15, 0.2) is 0 Å². The first-order valence-corrected chi connectivity index (χ1v) is 12.8. The topological polar surface area (TPSA) is 121 Å². The predicted octanol–water partition coefficient (Wildman–Crippen LogP) is -0.739. The molecule has 0 atom stereocenters. The van der Waals surface area contributed by atoms with Crippen molar-refractivity contribution in [3.8, 4) is 0 Å². The van der Waals surface area contributed by atoms with E-state index in [0.29, 0.717) is 19.4 Å². The van der Waals surface area contributed by atoms with Crippen LogP contribution in [0.5, 0.6) is 0 Å². The van der Waals surface area contributed by atoms with Gasteiger partial charge in [0.05, 0.1) is 11.5 Å². The zero-order valence-corrected chi connectivity index (χ0v) is 17.7. The molecule has 0 aromatic rings. The van der Waals surface area contributed by atoms with Crippen molar-refractivity contribution in [2.75, 3.05) is 57.3 Å². The van der Waals surface area contributed by atoms with Gasteiger partial charge in [-0.3, -0.25) is 4.79 Å². The summed E-state index contributed by atoms with van der Waals surface area (Å²) in [6.45, 7) is 4.91. The van der Waals surface area contributed by atoms with Gasteiger partial charge in [-0.2, -0.15) is 8.61 Å². The van der Waals surface area contributed by atoms with Crippen LogP contribution in [0, 0.1) is 5.92 Å². The molecule has 0 spiro atoms. The van der Waals surface area contributed by atoms with Crippen molar-refractivity contribution in [3.05, 3.63) is 0 Å². The highest BCUT2D eigenvalue weighted by Crippen LogP contribution is 2.17. The number of hydrogen-bond acceptors (Lipinski definition) is 6. The Morgan fingerprint density at radius 1 is 0.889 bits per heavy atom. The van der Waals surface area contributed by atoms with Crippen LogP contribution in [-0.2, 0) is 24.8 Å². The molecule has 0 bridgehead atoms. The van der Waals surface area contributed by atoms with Gasteiger partial charge < -0.3 is 10.6 Å². The van der Waals surface area contributed by atoms with E-state index in [-0.39, 0.29) is 49.5 Å². The van der Waals surface area contributed by atoms with Crippen molar-refractivity contribution in [3.63, 3.8) is 0 Å². The third kappa shape index (κ3) is 6.38. The Morgan fingerprint density at radius 3 is 1.81 bits per heavy atom. The molecule has 0 aliphatic carbocycles. The molecule has 158 valence electrons. The number of likely N-dealkylation sites (tertiary alicyclic amines) is 1. The van der Waals surface area contributed by atoms with Crippen molar-refractivity contribution >= 4 is 26.0 Å². The normalized spacial score (nSPS) is 22.1. The van der Waals surface area contributed by atoms with E-state index in [0.717, 1.165) is 25.9 Å². The summed E-state index contributed by atoms with van der Waals surface area (Å²) in [5, 5.41) is 0. The van der Waals surface area contributed by atoms with Gasteiger partial charge in [0.25, 0.3) is 0 Å². The molecule has 0 unspecified atom stereocenters. The molecule has 2 N–H and O–H groups in total.